The number of methoxy groups -OCH3 is 1. The van der Waals surface area contributed by atoms with Crippen LogP contribution in [0.25, 0.3) is 0 Å². The molecule has 4 heteroatoms. The largest absolute Gasteiger partial charge is 0.381 e. The summed E-state index contributed by atoms with van der Waals surface area (Å²) in [5.41, 5.74) is 8.36. The molecular weight excluding hydrogens is 252 g/mol. The monoisotopic (exact) mass is 274 g/mol. The molecule has 2 aliphatic rings. The molecule has 1 aromatic carbocycles. The van der Waals surface area contributed by atoms with Crippen LogP contribution in [-0.2, 0) is 16.0 Å². The van der Waals surface area contributed by atoms with Crippen LogP contribution in [0, 0.1) is 0 Å². The van der Waals surface area contributed by atoms with Crippen molar-refractivity contribution < 1.29 is 9.53 Å². The van der Waals surface area contributed by atoms with Gasteiger partial charge in [0.15, 0.2) is 0 Å². The number of likely N-dealkylation sites (tertiary alicyclic amines) is 1. The quantitative estimate of drug-likeness (QED) is 0.903. The molecule has 4 nitrogen and oxygen atoms in total. The van der Waals surface area contributed by atoms with E-state index in [-0.39, 0.29) is 24.0 Å². The summed E-state index contributed by atoms with van der Waals surface area (Å²) in [5, 5.41) is 0. The summed E-state index contributed by atoms with van der Waals surface area (Å²) in [6.45, 7) is 1.28. The SMILES string of the molecule is COC1CCN(C(=O)C2Cc3ccccc32)C(CN)C1. The summed E-state index contributed by atoms with van der Waals surface area (Å²) in [6.07, 6.45) is 2.87. The van der Waals surface area contributed by atoms with Gasteiger partial charge < -0.3 is 15.4 Å². The van der Waals surface area contributed by atoms with Crippen molar-refractivity contribution in [1.82, 2.24) is 4.90 Å². The van der Waals surface area contributed by atoms with Gasteiger partial charge in [0.1, 0.15) is 0 Å². The molecule has 3 atom stereocenters. The number of fused-ring (bicyclic) bond motifs is 1. The molecule has 1 aliphatic heterocycles. The molecule has 1 saturated heterocycles. The lowest BCUT2D eigenvalue weighted by molar-refractivity contribution is -0.139. The number of piperidine rings is 1. The molecule has 20 heavy (non-hydrogen) atoms. The Morgan fingerprint density at radius 1 is 1.45 bits per heavy atom. The highest BCUT2D eigenvalue weighted by molar-refractivity contribution is 5.87. The smallest absolute Gasteiger partial charge is 0.230 e. The number of amides is 1. The number of nitrogens with two attached hydrogens (primary N) is 1. The molecule has 3 unspecified atom stereocenters. The summed E-state index contributed by atoms with van der Waals surface area (Å²) in [6, 6.07) is 8.34. The van der Waals surface area contributed by atoms with Crippen LogP contribution in [0.4, 0.5) is 0 Å². The van der Waals surface area contributed by atoms with Crippen molar-refractivity contribution in [2.45, 2.75) is 37.3 Å². The molecule has 0 saturated carbocycles. The Morgan fingerprint density at radius 3 is 2.95 bits per heavy atom. The highest BCUT2D eigenvalue weighted by Crippen LogP contribution is 2.37. The van der Waals surface area contributed by atoms with Crippen LogP contribution in [0.3, 0.4) is 0 Å². The summed E-state index contributed by atoms with van der Waals surface area (Å²) < 4.78 is 5.41. The number of hydrogen-bond donors (Lipinski definition) is 1. The van der Waals surface area contributed by atoms with Gasteiger partial charge in [-0.25, -0.2) is 0 Å². The lowest BCUT2D eigenvalue weighted by Crippen LogP contribution is -2.53. The van der Waals surface area contributed by atoms with E-state index in [1.807, 2.05) is 17.0 Å². The van der Waals surface area contributed by atoms with Crippen molar-refractivity contribution in [2.24, 2.45) is 5.73 Å². The van der Waals surface area contributed by atoms with E-state index in [2.05, 4.69) is 12.1 Å². The zero-order valence-electron chi connectivity index (χ0n) is 11.9. The average Bonchev–Trinajstić information content (AvgIpc) is 2.47. The summed E-state index contributed by atoms with van der Waals surface area (Å²) in [4.78, 5) is 14.7. The Balaban J connectivity index is 1.72. The number of benzene rings is 1. The van der Waals surface area contributed by atoms with Gasteiger partial charge in [-0.2, -0.15) is 0 Å². The molecule has 3 rings (SSSR count). The standard InChI is InChI=1S/C16H22N2O2/c1-20-13-6-7-18(12(9-13)10-17)16(19)15-8-11-4-2-3-5-14(11)15/h2-5,12-13,15H,6-10,17H2,1H3. The van der Waals surface area contributed by atoms with Gasteiger partial charge >= 0.3 is 0 Å². The van der Waals surface area contributed by atoms with Gasteiger partial charge in [0.05, 0.1) is 12.0 Å². The van der Waals surface area contributed by atoms with Crippen LogP contribution >= 0.6 is 0 Å². The highest BCUT2D eigenvalue weighted by atomic mass is 16.5. The predicted octanol–water partition coefficient (Wildman–Crippen LogP) is 1.29. The molecule has 0 radical (unpaired) electrons. The minimum Gasteiger partial charge on any atom is -0.381 e. The Morgan fingerprint density at radius 2 is 2.25 bits per heavy atom. The van der Waals surface area contributed by atoms with Crippen molar-refractivity contribution >= 4 is 5.91 Å². The molecule has 1 aromatic rings. The van der Waals surface area contributed by atoms with E-state index < -0.39 is 0 Å². The number of hydrogen-bond acceptors (Lipinski definition) is 3. The fourth-order valence-corrected chi connectivity index (χ4v) is 3.42. The zero-order chi connectivity index (χ0) is 14.1. The van der Waals surface area contributed by atoms with Crippen LogP contribution in [0.2, 0.25) is 0 Å². The number of carbonyl (C=O) groups excluding carboxylic acids is 1. The van der Waals surface area contributed by atoms with Gasteiger partial charge in [-0.1, -0.05) is 24.3 Å². The summed E-state index contributed by atoms with van der Waals surface area (Å²) >= 11 is 0. The fraction of sp³-hybridized carbons (Fsp3) is 0.562. The topological polar surface area (TPSA) is 55.6 Å². The van der Waals surface area contributed by atoms with Crippen LogP contribution in [-0.4, -0.2) is 43.2 Å². The van der Waals surface area contributed by atoms with Crippen LogP contribution in [0.15, 0.2) is 24.3 Å². The lowest BCUT2D eigenvalue weighted by Gasteiger charge is -2.42. The normalized spacial score (nSPS) is 28.7. The Labute approximate surface area is 119 Å². The number of nitrogens with zero attached hydrogens (tertiary/aromatic N) is 1. The van der Waals surface area contributed by atoms with Gasteiger partial charge in [-0.3, -0.25) is 4.79 Å². The third-order valence-electron chi connectivity index (χ3n) is 4.71. The third kappa shape index (κ3) is 2.23. The molecule has 0 spiro atoms. The Bertz CT molecular complexity index is 503. The second-order valence-electron chi connectivity index (χ2n) is 5.76. The minimum absolute atomic E-state index is 0.0411. The number of ether oxygens (including phenoxy) is 1. The maximum absolute atomic E-state index is 12.7. The van der Waals surface area contributed by atoms with Gasteiger partial charge in [0.25, 0.3) is 0 Å². The molecule has 0 aromatic heterocycles. The van der Waals surface area contributed by atoms with E-state index in [1.54, 1.807) is 7.11 Å². The first-order valence-corrected chi connectivity index (χ1v) is 7.35. The van der Waals surface area contributed by atoms with Gasteiger partial charge in [-0.15, -0.1) is 0 Å². The first-order chi connectivity index (χ1) is 9.74. The van der Waals surface area contributed by atoms with E-state index >= 15 is 0 Å². The Kier molecular flexibility index (Phi) is 3.76. The first kappa shape index (κ1) is 13.6. The molecule has 1 fully saturated rings. The predicted molar refractivity (Wildman–Crippen MR) is 77.5 cm³/mol. The van der Waals surface area contributed by atoms with Crippen molar-refractivity contribution in [3.63, 3.8) is 0 Å². The highest BCUT2D eigenvalue weighted by Gasteiger charge is 2.39. The average molecular weight is 274 g/mol. The van der Waals surface area contributed by atoms with Gasteiger partial charge in [0, 0.05) is 26.2 Å². The molecule has 2 N–H and O–H groups in total. The van der Waals surface area contributed by atoms with E-state index in [9.17, 15) is 4.79 Å². The first-order valence-electron chi connectivity index (χ1n) is 7.35. The van der Waals surface area contributed by atoms with E-state index in [0.717, 1.165) is 25.8 Å². The maximum atomic E-state index is 12.7. The van der Waals surface area contributed by atoms with Gasteiger partial charge in [0.2, 0.25) is 5.91 Å². The summed E-state index contributed by atoms with van der Waals surface area (Å²) in [7, 11) is 1.73. The molecule has 1 amide bonds. The fourth-order valence-electron chi connectivity index (χ4n) is 3.42. The minimum atomic E-state index is 0.0411. The molecule has 1 aliphatic carbocycles. The third-order valence-corrected chi connectivity index (χ3v) is 4.71. The van der Waals surface area contributed by atoms with Crippen molar-refractivity contribution in [2.75, 3.05) is 20.2 Å². The van der Waals surface area contributed by atoms with Crippen LogP contribution < -0.4 is 5.73 Å². The lowest BCUT2D eigenvalue weighted by atomic mass is 9.76. The second kappa shape index (κ2) is 5.54. The van der Waals surface area contributed by atoms with E-state index in [0.29, 0.717) is 6.54 Å². The van der Waals surface area contributed by atoms with E-state index in [4.69, 9.17) is 10.5 Å². The molecular formula is C16H22N2O2. The number of rotatable bonds is 3. The molecule has 108 valence electrons. The van der Waals surface area contributed by atoms with Crippen molar-refractivity contribution in [1.29, 1.82) is 0 Å². The maximum Gasteiger partial charge on any atom is 0.230 e. The number of carbonyl (C=O) groups is 1. The Hall–Kier alpha value is -1.39. The zero-order valence-corrected chi connectivity index (χ0v) is 11.9. The molecule has 0 bridgehead atoms. The van der Waals surface area contributed by atoms with Crippen molar-refractivity contribution in [3.05, 3.63) is 35.4 Å². The van der Waals surface area contributed by atoms with Crippen molar-refractivity contribution in [3.8, 4) is 0 Å². The van der Waals surface area contributed by atoms with Gasteiger partial charge in [-0.05, 0) is 30.4 Å². The molecule has 1 heterocycles. The summed E-state index contributed by atoms with van der Waals surface area (Å²) in [5.74, 6) is 0.285. The van der Waals surface area contributed by atoms with E-state index in [1.165, 1.54) is 11.1 Å². The second-order valence-corrected chi connectivity index (χ2v) is 5.76. The van der Waals surface area contributed by atoms with Crippen LogP contribution in [0.5, 0.6) is 0 Å². The van der Waals surface area contributed by atoms with Crippen LogP contribution in [0.1, 0.15) is 29.9 Å².